The smallest absolute Gasteiger partial charge is 0.313 e. The largest absolute Gasteiger partial charge is 0.490 e. The van der Waals surface area contributed by atoms with Crippen LogP contribution in [0, 0.1) is 5.41 Å². The van der Waals surface area contributed by atoms with E-state index in [4.69, 9.17) is 14.2 Å². The molecule has 0 bridgehead atoms. The Morgan fingerprint density at radius 2 is 1.89 bits per heavy atom. The Morgan fingerprint density at radius 1 is 1.25 bits per heavy atom. The molecule has 0 amide bonds. The molecule has 0 unspecified atom stereocenters. The maximum Gasteiger partial charge on any atom is 0.313 e. The minimum absolute atomic E-state index is 0.0315. The summed E-state index contributed by atoms with van der Waals surface area (Å²) in [5, 5.41) is 0. The summed E-state index contributed by atoms with van der Waals surface area (Å²) in [6.45, 7) is 3.47. The van der Waals surface area contributed by atoms with E-state index in [1.807, 2.05) is 0 Å². The predicted octanol–water partition coefficient (Wildman–Crippen LogP) is 1.61. The fourth-order valence-corrected chi connectivity index (χ4v) is 5.79. The van der Waals surface area contributed by atoms with Gasteiger partial charge in [-0.15, -0.1) is 0 Å². The quantitative estimate of drug-likeness (QED) is 0.628. The Hall–Kier alpha value is -1.71. The van der Waals surface area contributed by atoms with E-state index in [-0.39, 0.29) is 18.5 Å². The lowest BCUT2D eigenvalue weighted by Crippen LogP contribution is -2.49. The van der Waals surface area contributed by atoms with Crippen molar-refractivity contribution in [2.75, 3.05) is 38.7 Å². The molecule has 9 heteroatoms. The van der Waals surface area contributed by atoms with Crippen molar-refractivity contribution in [2.24, 2.45) is 5.41 Å². The second-order valence-electron chi connectivity index (χ2n) is 7.27. The fraction of sp³-hybridized carbons (Fsp3) is 0.684. The van der Waals surface area contributed by atoms with Crippen LogP contribution < -0.4 is 4.74 Å². The second-order valence-corrected chi connectivity index (χ2v) is 9.24. The minimum Gasteiger partial charge on any atom is -0.490 e. The third kappa shape index (κ3) is 5.01. The van der Waals surface area contributed by atoms with Crippen LogP contribution in [0.3, 0.4) is 0 Å². The van der Waals surface area contributed by atoms with Crippen molar-refractivity contribution in [1.82, 2.24) is 9.29 Å². The highest BCUT2D eigenvalue weighted by Crippen LogP contribution is 2.35. The minimum atomic E-state index is -3.59. The molecule has 3 rings (SSSR count). The van der Waals surface area contributed by atoms with Gasteiger partial charge in [0.15, 0.2) is 0 Å². The van der Waals surface area contributed by atoms with E-state index >= 15 is 0 Å². The molecule has 156 valence electrons. The van der Waals surface area contributed by atoms with Crippen LogP contribution in [0.25, 0.3) is 0 Å². The van der Waals surface area contributed by atoms with Gasteiger partial charge in [-0.1, -0.05) is 0 Å². The van der Waals surface area contributed by atoms with E-state index in [0.717, 1.165) is 5.75 Å². The summed E-state index contributed by atoms with van der Waals surface area (Å²) in [5.41, 5.74) is -1.02. The average Bonchev–Trinajstić information content (AvgIpc) is 2.70. The Labute approximate surface area is 166 Å². The number of rotatable bonds is 7. The van der Waals surface area contributed by atoms with Crippen LogP contribution in [-0.2, 0) is 24.3 Å². The molecular formula is C19H28N2O6S. The van der Waals surface area contributed by atoms with Crippen molar-refractivity contribution in [3.05, 3.63) is 24.5 Å². The number of sulfonamides is 1. The van der Waals surface area contributed by atoms with Gasteiger partial charge in [-0.25, -0.2) is 12.7 Å². The number of carbonyl (C=O) groups is 1. The molecule has 3 heterocycles. The zero-order chi connectivity index (χ0) is 20.0. The first-order valence-corrected chi connectivity index (χ1v) is 11.4. The van der Waals surface area contributed by atoms with E-state index in [1.165, 1.54) is 4.31 Å². The van der Waals surface area contributed by atoms with Crippen LogP contribution >= 0.6 is 0 Å². The number of ether oxygens (including phenoxy) is 3. The first-order chi connectivity index (χ1) is 13.5. The maximum absolute atomic E-state index is 13.1. The molecule has 2 aliphatic heterocycles. The number of pyridine rings is 1. The van der Waals surface area contributed by atoms with Gasteiger partial charge in [0.2, 0.25) is 10.0 Å². The van der Waals surface area contributed by atoms with Crippen molar-refractivity contribution in [2.45, 2.75) is 38.7 Å². The van der Waals surface area contributed by atoms with Gasteiger partial charge in [-0.3, -0.25) is 9.78 Å². The molecule has 0 spiro atoms. The molecular weight excluding hydrogens is 384 g/mol. The first-order valence-electron chi connectivity index (χ1n) is 9.75. The zero-order valence-corrected chi connectivity index (χ0v) is 17.0. The van der Waals surface area contributed by atoms with Crippen molar-refractivity contribution in [1.29, 1.82) is 0 Å². The lowest BCUT2D eigenvalue weighted by molar-refractivity contribution is -0.159. The highest BCUT2D eigenvalue weighted by Gasteiger charge is 2.46. The molecule has 0 aromatic carbocycles. The molecule has 2 fully saturated rings. The van der Waals surface area contributed by atoms with Crippen LogP contribution in [-0.4, -0.2) is 68.4 Å². The number of nitrogens with zero attached hydrogens (tertiary/aromatic N) is 2. The van der Waals surface area contributed by atoms with Crippen molar-refractivity contribution >= 4 is 16.0 Å². The molecule has 2 aliphatic rings. The van der Waals surface area contributed by atoms with Gasteiger partial charge in [0.25, 0.3) is 0 Å². The van der Waals surface area contributed by atoms with Gasteiger partial charge in [-0.2, -0.15) is 0 Å². The highest BCUT2D eigenvalue weighted by molar-refractivity contribution is 7.89. The number of carbonyl (C=O) groups excluding carboxylic acids is 1. The summed E-state index contributed by atoms with van der Waals surface area (Å²) in [6, 6.07) is 3.58. The number of piperidine rings is 1. The third-order valence-corrected chi connectivity index (χ3v) is 7.43. The summed E-state index contributed by atoms with van der Waals surface area (Å²) < 4.78 is 44.1. The summed E-state index contributed by atoms with van der Waals surface area (Å²) >= 11 is 0. The third-order valence-electron chi connectivity index (χ3n) is 5.36. The van der Waals surface area contributed by atoms with Gasteiger partial charge in [0, 0.05) is 38.7 Å². The van der Waals surface area contributed by atoms with Gasteiger partial charge in [-0.05, 0) is 44.7 Å². The molecule has 2 saturated heterocycles. The molecule has 28 heavy (non-hydrogen) atoms. The van der Waals surface area contributed by atoms with Gasteiger partial charge in [0.05, 0.1) is 17.8 Å². The van der Waals surface area contributed by atoms with E-state index in [2.05, 4.69) is 4.98 Å². The molecule has 0 N–H and O–H groups in total. The zero-order valence-electron chi connectivity index (χ0n) is 16.2. The predicted molar refractivity (Wildman–Crippen MR) is 102 cm³/mol. The summed E-state index contributed by atoms with van der Waals surface area (Å²) in [6.07, 6.45) is 5.25. The van der Waals surface area contributed by atoms with E-state index in [1.54, 1.807) is 31.5 Å². The van der Waals surface area contributed by atoms with Crippen LogP contribution in [0.1, 0.15) is 32.6 Å². The number of aromatic nitrogens is 1. The highest BCUT2D eigenvalue weighted by atomic mass is 32.2. The molecule has 0 atom stereocenters. The van der Waals surface area contributed by atoms with Crippen molar-refractivity contribution < 1.29 is 27.4 Å². The molecule has 8 nitrogen and oxygen atoms in total. The fourth-order valence-electron chi connectivity index (χ4n) is 3.73. The van der Waals surface area contributed by atoms with E-state index < -0.39 is 21.4 Å². The average molecular weight is 413 g/mol. The molecule has 1 aromatic rings. The Morgan fingerprint density at radius 3 is 2.50 bits per heavy atom. The monoisotopic (exact) mass is 412 g/mol. The number of hydrogen-bond acceptors (Lipinski definition) is 7. The van der Waals surface area contributed by atoms with Gasteiger partial charge in [0.1, 0.15) is 11.9 Å². The maximum atomic E-state index is 13.1. The topological polar surface area (TPSA) is 95.0 Å². The van der Waals surface area contributed by atoms with Gasteiger partial charge < -0.3 is 14.2 Å². The number of esters is 1. The van der Waals surface area contributed by atoms with E-state index in [9.17, 15) is 13.2 Å². The van der Waals surface area contributed by atoms with Crippen molar-refractivity contribution in [3.63, 3.8) is 0 Å². The summed E-state index contributed by atoms with van der Waals surface area (Å²) in [7, 11) is -3.59. The van der Waals surface area contributed by atoms with Crippen LogP contribution in [0.4, 0.5) is 0 Å². The normalized spacial score (nSPS) is 21.2. The van der Waals surface area contributed by atoms with Crippen LogP contribution in [0.2, 0.25) is 0 Å². The summed E-state index contributed by atoms with van der Waals surface area (Å²) in [5.74, 6) is 0.0792. The summed E-state index contributed by atoms with van der Waals surface area (Å²) in [4.78, 5) is 16.5. The Bertz CT molecular complexity index is 741. The Balaban J connectivity index is 1.61. The second kappa shape index (κ2) is 9.19. The number of hydrogen-bond donors (Lipinski definition) is 0. The standard InChI is InChI=1S/C19H28N2O6S/c1-2-26-18(22)19(7-13-25-14-8-19)15-28(23,24)21-11-5-17(6-12-21)27-16-3-9-20-10-4-16/h3-4,9-10,17H,2,5-8,11-15H2,1H3. The molecule has 0 aliphatic carbocycles. The SMILES string of the molecule is CCOC(=O)C1(CS(=O)(=O)N2CCC(Oc3ccncc3)CC2)CCOCC1. The van der Waals surface area contributed by atoms with E-state index in [0.29, 0.717) is 52.0 Å². The lowest BCUT2D eigenvalue weighted by atomic mass is 9.82. The Kier molecular flexibility index (Phi) is 6.90. The molecule has 0 saturated carbocycles. The van der Waals surface area contributed by atoms with Crippen molar-refractivity contribution in [3.8, 4) is 5.75 Å². The van der Waals surface area contributed by atoms with Crippen LogP contribution in [0.15, 0.2) is 24.5 Å². The molecule has 0 radical (unpaired) electrons. The first kappa shape index (κ1) is 21.0. The van der Waals surface area contributed by atoms with Crippen LogP contribution in [0.5, 0.6) is 5.75 Å². The lowest BCUT2D eigenvalue weighted by Gasteiger charge is -2.37. The van der Waals surface area contributed by atoms with Gasteiger partial charge >= 0.3 is 5.97 Å². The molecule has 1 aromatic heterocycles.